The van der Waals surface area contributed by atoms with Crippen molar-refractivity contribution < 1.29 is 14.3 Å². The van der Waals surface area contributed by atoms with E-state index >= 15 is 0 Å². The normalized spacial score (nSPS) is 10.2. The van der Waals surface area contributed by atoms with E-state index in [1.807, 2.05) is 37.3 Å². The minimum Gasteiger partial charge on any atom is -0.497 e. The molecule has 1 aromatic heterocycles. The third-order valence-corrected chi connectivity index (χ3v) is 4.22. The molecule has 0 unspecified atom stereocenters. The number of amides is 2. The van der Waals surface area contributed by atoms with E-state index in [4.69, 9.17) is 4.74 Å². The summed E-state index contributed by atoms with van der Waals surface area (Å²) in [6.45, 7) is 2.42. The summed E-state index contributed by atoms with van der Waals surface area (Å²) in [7, 11) is 1.58. The number of nitrogens with one attached hydrogen (secondary N) is 1. The zero-order valence-electron chi connectivity index (χ0n) is 15.8. The first-order valence-corrected chi connectivity index (χ1v) is 8.90. The van der Waals surface area contributed by atoms with Gasteiger partial charge in [0, 0.05) is 29.7 Å². The number of nitrogens with zero attached hydrogens (tertiary/aromatic N) is 2. The monoisotopic (exact) mass is 375 g/mol. The van der Waals surface area contributed by atoms with E-state index in [1.165, 1.54) is 12.3 Å². The lowest BCUT2D eigenvalue weighted by Crippen LogP contribution is -2.30. The van der Waals surface area contributed by atoms with Crippen LogP contribution in [0, 0.1) is 0 Å². The lowest BCUT2D eigenvalue weighted by molar-refractivity contribution is 0.0988. The van der Waals surface area contributed by atoms with E-state index < -0.39 is 0 Å². The van der Waals surface area contributed by atoms with Crippen LogP contribution < -0.4 is 15.0 Å². The molecule has 3 aromatic rings. The fraction of sp³-hybridized carbons (Fsp3) is 0.136. The summed E-state index contributed by atoms with van der Waals surface area (Å²) in [5.74, 6) is 0.126. The van der Waals surface area contributed by atoms with Crippen LogP contribution in [0.3, 0.4) is 0 Å². The Kier molecular flexibility index (Phi) is 6.01. The van der Waals surface area contributed by atoms with Crippen LogP contribution in [0.25, 0.3) is 0 Å². The van der Waals surface area contributed by atoms with Crippen molar-refractivity contribution in [2.24, 2.45) is 0 Å². The van der Waals surface area contributed by atoms with E-state index in [9.17, 15) is 9.59 Å². The van der Waals surface area contributed by atoms with Crippen LogP contribution in [-0.2, 0) is 0 Å². The molecule has 0 aliphatic heterocycles. The Labute approximate surface area is 163 Å². The molecule has 0 bridgehead atoms. The molecule has 0 atom stereocenters. The van der Waals surface area contributed by atoms with Crippen LogP contribution in [0.1, 0.15) is 27.8 Å². The van der Waals surface area contributed by atoms with Gasteiger partial charge in [-0.15, -0.1) is 0 Å². The lowest BCUT2D eigenvalue weighted by atomic mass is 10.1. The smallest absolute Gasteiger partial charge is 0.274 e. The second kappa shape index (κ2) is 8.81. The molecular weight excluding hydrogens is 354 g/mol. The molecule has 6 nitrogen and oxygen atoms in total. The number of rotatable bonds is 6. The maximum absolute atomic E-state index is 12.9. The molecule has 3 rings (SSSR count). The van der Waals surface area contributed by atoms with Gasteiger partial charge in [-0.2, -0.15) is 0 Å². The van der Waals surface area contributed by atoms with Gasteiger partial charge in [0.15, 0.2) is 0 Å². The highest BCUT2D eigenvalue weighted by Gasteiger charge is 2.18. The molecule has 1 N–H and O–H groups in total. The van der Waals surface area contributed by atoms with Gasteiger partial charge in [0.25, 0.3) is 11.8 Å². The molecule has 2 aromatic carbocycles. The van der Waals surface area contributed by atoms with Crippen molar-refractivity contribution in [3.63, 3.8) is 0 Å². The van der Waals surface area contributed by atoms with E-state index in [-0.39, 0.29) is 17.5 Å². The summed E-state index contributed by atoms with van der Waals surface area (Å²) in [4.78, 5) is 31.2. The predicted molar refractivity (Wildman–Crippen MR) is 109 cm³/mol. The topological polar surface area (TPSA) is 71.5 Å². The lowest BCUT2D eigenvalue weighted by Gasteiger charge is -2.21. The zero-order chi connectivity index (χ0) is 19.9. The minimum absolute atomic E-state index is 0.172. The molecule has 0 radical (unpaired) electrons. The van der Waals surface area contributed by atoms with Crippen LogP contribution in [0.2, 0.25) is 0 Å². The fourth-order valence-corrected chi connectivity index (χ4v) is 2.76. The molecule has 6 heteroatoms. The Morgan fingerprint density at radius 3 is 2.39 bits per heavy atom. The van der Waals surface area contributed by atoms with Crippen LogP contribution in [0.5, 0.6) is 5.75 Å². The number of pyridine rings is 1. The Balaban J connectivity index is 1.78. The number of carbonyl (C=O) groups excluding carboxylic acids is 2. The van der Waals surface area contributed by atoms with E-state index in [1.54, 1.807) is 42.3 Å². The quantitative estimate of drug-likeness (QED) is 0.707. The molecule has 0 aliphatic rings. The molecule has 0 spiro atoms. The first-order valence-electron chi connectivity index (χ1n) is 8.90. The Morgan fingerprint density at radius 1 is 1.04 bits per heavy atom. The number of hydrogen-bond acceptors (Lipinski definition) is 4. The first-order chi connectivity index (χ1) is 13.6. The first kappa shape index (κ1) is 19.1. The zero-order valence-corrected chi connectivity index (χ0v) is 15.8. The van der Waals surface area contributed by atoms with Crippen LogP contribution in [0.15, 0.2) is 72.9 Å². The van der Waals surface area contributed by atoms with Gasteiger partial charge in [0.1, 0.15) is 11.4 Å². The summed E-state index contributed by atoms with van der Waals surface area (Å²) in [6.07, 6.45) is 1.47. The van der Waals surface area contributed by atoms with Crippen LogP contribution in [0.4, 0.5) is 11.4 Å². The van der Waals surface area contributed by atoms with Crippen molar-refractivity contribution in [3.8, 4) is 5.75 Å². The highest BCUT2D eigenvalue weighted by atomic mass is 16.5. The SMILES string of the molecule is CCN(C(=O)c1ccnc(C(=O)Nc2ccc(OC)cc2)c1)c1ccccc1. The van der Waals surface area contributed by atoms with E-state index in [0.29, 0.717) is 23.5 Å². The summed E-state index contributed by atoms with van der Waals surface area (Å²) in [6, 6.07) is 19.5. The minimum atomic E-state index is -0.387. The molecule has 0 aliphatic carbocycles. The molecule has 0 saturated heterocycles. The highest BCUT2D eigenvalue weighted by molar-refractivity contribution is 6.08. The largest absolute Gasteiger partial charge is 0.497 e. The second-order valence-corrected chi connectivity index (χ2v) is 6.00. The maximum atomic E-state index is 12.9. The summed E-state index contributed by atoms with van der Waals surface area (Å²) in [5.41, 5.74) is 1.99. The molecule has 2 amide bonds. The van der Waals surface area contributed by atoms with Gasteiger partial charge in [0.2, 0.25) is 0 Å². The Bertz CT molecular complexity index is 956. The van der Waals surface area contributed by atoms with Crippen molar-refractivity contribution in [1.29, 1.82) is 0 Å². The number of methoxy groups -OCH3 is 1. The number of hydrogen-bond donors (Lipinski definition) is 1. The van der Waals surface area contributed by atoms with Crippen molar-refractivity contribution in [2.75, 3.05) is 23.9 Å². The number of carbonyl (C=O) groups is 2. The third kappa shape index (κ3) is 4.35. The average molecular weight is 375 g/mol. The number of benzene rings is 2. The molecule has 1 heterocycles. The van der Waals surface area contributed by atoms with Gasteiger partial charge in [-0.1, -0.05) is 18.2 Å². The molecule has 0 fully saturated rings. The van der Waals surface area contributed by atoms with Gasteiger partial charge < -0.3 is 15.0 Å². The Hall–Kier alpha value is -3.67. The highest BCUT2D eigenvalue weighted by Crippen LogP contribution is 2.18. The fourth-order valence-electron chi connectivity index (χ4n) is 2.76. The summed E-state index contributed by atoms with van der Waals surface area (Å²) < 4.78 is 5.10. The second-order valence-electron chi connectivity index (χ2n) is 6.00. The van der Waals surface area contributed by atoms with Crippen molar-refractivity contribution in [2.45, 2.75) is 6.92 Å². The number of aromatic nitrogens is 1. The van der Waals surface area contributed by atoms with E-state index in [0.717, 1.165) is 5.69 Å². The van der Waals surface area contributed by atoms with Crippen molar-refractivity contribution in [3.05, 3.63) is 84.2 Å². The maximum Gasteiger partial charge on any atom is 0.274 e. The van der Waals surface area contributed by atoms with Gasteiger partial charge in [-0.3, -0.25) is 14.6 Å². The summed E-state index contributed by atoms with van der Waals surface area (Å²) in [5, 5.41) is 2.77. The number of para-hydroxylation sites is 1. The standard InChI is InChI=1S/C22H21N3O3/c1-3-25(18-7-5-4-6-8-18)22(27)16-13-14-23-20(15-16)21(26)24-17-9-11-19(28-2)12-10-17/h4-15H,3H2,1-2H3,(H,24,26). The number of anilines is 2. The van der Waals surface area contributed by atoms with Crippen LogP contribution >= 0.6 is 0 Å². The predicted octanol–water partition coefficient (Wildman–Crippen LogP) is 4.01. The van der Waals surface area contributed by atoms with Gasteiger partial charge in [0.05, 0.1) is 7.11 Å². The van der Waals surface area contributed by atoms with Crippen molar-refractivity contribution >= 4 is 23.2 Å². The van der Waals surface area contributed by atoms with Gasteiger partial charge in [-0.25, -0.2) is 0 Å². The average Bonchev–Trinajstić information content (AvgIpc) is 2.75. The summed E-state index contributed by atoms with van der Waals surface area (Å²) >= 11 is 0. The third-order valence-electron chi connectivity index (χ3n) is 4.22. The molecular formula is C22H21N3O3. The van der Waals surface area contributed by atoms with Gasteiger partial charge >= 0.3 is 0 Å². The van der Waals surface area contributed by atoms with Crippen LogP contribution in [-0.4, -0.2) is 30.5 Å². The Morgan fingerprint density at radius 2 is 1.75 bits per heavy atom. The molecule has 0 saturated carbocycles. The van der Waals surface area contributed by atoms with Gasteiger partial charge in [-0.05, 0) is 55.5 Å². The van der Waals surface area contributed by atoms with Crippen molar-refractivity contribution in [1.82, 2.24) is 4.98 Å². The molecule has 142 valence electrons. The van der Waals surface area contributed by atoms with E-state index in [2.05, 4.69) is 10.3 Å². The number of ether oxygens (including phenoxy) is 1. The molecule has 28 heavy (non-hydrogen) atoms.